The number of benzene rings is 2. The Bertz CT molecular complexity index is 1050. The number of nitrogens with one attached hydrogen (secondary N) is 2. The van der Waals surface area contributed by atoms with Crippen LogP contribution in [0.25, 0.3) is 0 Å². The van der Waals surface area contributed by atoms with Crippen molar-refractivity contribution in [3.63, 3.8) is 0 Å². The van der Waals surface area contributed by atoms with E-state index in [2.05, 4.69) is 10.6 Å². The van der Waals surface area contributed by atoms with Crippen molar-refractivity contribution in [3.8, 4) is 0 Å². The Balaban J connectivity index is 1.73. The average molecular weight is 423 g/mol. The lowest BCUT2D eigenvalue weighted by atomic mass is 10.2. The van der Waals surface area contributed by atoms with Gasteiger partial charge in [-0.25, -0.2) is 12.8 Å². The number of carbonyl (C=O) groups is 2. The molecule has 1 atom stereocenters. The highest BCUT2D eigenvalue weighted by molar-refractivity contribution is 8.00. The first-order chi connectivity index (χ1) is 13.2. The van der Waals surface area contributed by atoms with E-state index >= 15 is 0 Å². The summed E-state index contributed by atoms with van der Waals surface area (Å²) in [6.07, 6.45) is -0.236. The molecule has 2 N–H and O–H groups in total. The van der Waals surface area contributed by atoms with Gasteiger partial charge in [0.1, 0.15) is 5.82 Å². The second-order valence-corrected chi connectivity index (χ2v) is 9.95. The number of rotatable bonds is 5. The number of halogens is 1. The summed E-state index contributed by atoms with van der Waals surface area (Å²) in [6.45, 7) is 3.13. The van der Waals surface area contributed by atoms with Crippen LogP contribution in [0.5, 0.6) is 0 Å². The summed E-state index contributed by atoms with van der Waals surface area (Å²) in [5.74, 6) is -0.779. The molecule has 1 aliphatic rings. The maximum Gasteiger partial charge on any atom is 0.234 e. The van der Waals surface area contributed by atoms with Crippen LogP contribution in [0, 0.1) is 12.7 Å². The fourth-order valence-corrected chi connectivity index (χ4v) is 5.10. The Morgan fingerprint density at radius 2 is 2.04 bits per heavy atom. The van der Waals surface area contributed by atoms with Crippen molar-refractivity contribution in [3.05, 3.63) is 47.8 Å². The predicted molar refractivity (Wildman–Crippen MR) is 107 cm³/mol. The van der Waals surface area contributed by atoms with E-state index < -0.39 is 26.8 Å². The van der Waals surface area contributed by atoms with E-state index in [-0.39, 0.29) is 23.0 Å². The minimum Gasteiger partial charge on any atom is -0.326 e. The third-order valence-electron chi connectivity index (χ3n) is 4.38. The van der Waals surface area contributed by atoms with Crippen molar-refractivity contribution in [2.75, 3.05) is 16.4 Å². The Morgan fingerprint density at radius 1 is 1.29 bits per heavy atom. The second-order valence-electron chi connectivity index (χ2n) is 6.56. The van der Waals surface area contributed by atoms with Crippen LogP contribution in [-0.2, 0) is 19.4 Å². The summed E-state index contributed by atoms with van der Waals surface area (Å²) in [5, 5.41) is 4.37. The molecule has 0 saturated heterocycles. The van der Waals surface area contributed by atoms with Crippen molar-refractivity contribution >= 4 is 44.8 Å². The van der Waals surface area contributed by atoms with E-state index in [4.69, 9.17) is 0 Å². The first-order valence-electron chi connectivity index (χ1n) is 8.53. The highest BCUT2D eigenvalue weighted by Crippen LogP contribution is 2.34. The summed E-state index contributed by atoms with van der Waals surface area (Å²) in [6, 6.07) is 8.47. The van der Waals surface area contributed by atoms with Gasteiger partial charge in [0.25, 0.3) is 0 Å². The molecular formula is C19H19FN2O4S2. The summed E-state index contributed by atoms with van der Waals surface area (Å²) in [4.78, 5) is 24.5. The molecule has 148 valence electrons. The van der Waals surface area contributed by atoms with Crippen LogP contribution < -0.4 is 10.6 Å². The fraction of sp³-hybridized carbons (Fsp3) is 0.263. The zero-order valence-electron chi connectivity index (χ0n) is 15.3. The van der Waals surface area contributed by atoms with Crippen molar-refractivity contribution in [1.29, 1.82) is 0 Å². The maximum absolute atomic E-state index is 13.2. The smallest absolute Gasteiger partial charge is 0.234 e. The van der Waals surface area contributed by atoms with Crippen LogP contribution in [0.2, 0.25) is 0 Å². The van der Waals surface area contributed by atoms with Gasteiger partial charge in [-0.05, 0) is 55.8 Å². The zero-order valence-corrected chi connectivity index (χ0v) is 16.9. The van der Waals surface area contributed by atoms with Crippen molar-refractivity contribution in [2.45, 2.75) is 35.3 Å². The molecular weight excluding hydrogens is 403 g/mol. The lowest BCUT2D eigenvalue weighted by Crippen LogP contribution is -2.25. The minimum absolute atomic E-state index is 0.105. The van der Waals surface area contributed by atoms with Crippen LogP contribution in [0.1, 0.15) is 18.9 Å². The molecule has 1 aliphatic heterocycles. The SMILES string of the molecule is Cc1cc(F)ccc1NC(=O)CC(C)S(=O)(=O)c1ccc2c(c1)SCC(=O)N2. The van der Waals surface area contributed by atoms with Crippen LogP contribution in [-0.4, -0.2) is 31.2 Å². The summed E-state index contributed by atoms with van der Waals surface area (Å²) in [5.41, 5.74) is 1.58. The Morgan fingerprint density at radius 3 is 2.75 bits per heavy atom. The van der Waals surface area contributed by atoms with Crippen molar-refractivity contribution in [1.82, 2.24) is 0 Å². The topological polar surface area (TPSA) is 92.3 Å². The quantitative estimate of drug-likeness (QED) is 0.771. The molecule has 28 heavy (non-hydrogen) atoms. The van der Waals surface area contributed by atoms with E-state index in [1.54, 1.807) is 13.0 Å². The molecule has 0 aliphatic carbocycles. The average Bonchev–Trinajstić information content (AvgIpc) is 2.63. The van der Waals surface area contributed by atoms with E-state index in [1.807, 2.05) is 0 Å². The number of aryl methyl sites for hydroxylation is 1. The molecule has 2 amide bonds. The fourth-order valence-electron chi connectivity index (χ4n) is 2.80. The standard InChI is InChI=1S/C19H19FN2O4S2/c1-11-7-13(20)3-5-15(11)21-18(23)8-12(2)28(25,26)14-4-6-16-17(9-14)27-10-19(24)22-16/h3-7,9,12H,8,10H2,1-2H3,(H,21,23)(H,22,24). The number of thioether (sulfide) groups is 1. The third kappa shape index (κ3) is 4.36. The number of sulfone groups is 1. The van der Waals surface area contributed by atoms with Crippen LogP contribution in [0.3, 0.4) is 0 Å². The lowest BCUT2D eigenvalue weighted by Gasteiger charge is -2.18. The molecule has 0 fully saturated rings. The van der Waals surface area contributed by atoms with Crippen LogP contribution >= 0.6 is 11.8 Å². The minimum atomic E-state index is -3.74. The van der Waals surface area contributed by atoms with Gasteiger partial charge in [-0.2, -0.15) is 0 Å². The molecule has 0 aromatic heterocycles. The Kier molecular flexibility index (Phi) is 5.76. The van der Waals surface area contributed by atoms with Gasteiger partial charge in [0.05, 0.1) is 21.6 Å². The number of hydrogen-bond acceptors (Lipinski definition) is 5. The second kappa shape index (κ2) is 7.92. The van der Waals surface area contributed by atoms with Crippen molar-refractivity contribution in [2.24, 2.45) is 0 Å². The van der Waals surface area contributed by atoms with Gasteiger partial charge in [-0.1, -0.05) is 0 Å². The first kappa shape index (κ1) is 20.3. The molecule has 1 heterocycles. The molecule has 6 nitrogen and oxygen atoms in total. The molecule has 0 bridgehead atoms. The highest BCUT2D eigenvalue weighted by atomic mass is 32.2. The molecule has 2 aromatic rings. The van der Waals surface area contributed by atoms with Crippen LogP contribution in [0.15, 0.2) is 46.2 Å². The molecule has 9 heteroatoms. The normalized spacial score (nSPS) is 14.8. The van der Waals surface area contributed by atoms with Crippen LogP contribution in [0.4, 0.5) is 15.8 Å². The maximum atomic E-state index is 13.2. The summed E-state index contributed by atoms with van der Waals surface area (Å²) < 4.78 is 38.9. The number of fused-ring (bicyclic) bond motifs is 1. The summed E-state index contributed by atoms with van der Waals surface area (Å²) in [7, 11) is -3.74. The number of amides is 2. The van der Waals surface area contributed by atoms with Gasteiger partial charge in [-0.3, -0.25) is 9.59 Å². The molecule has 1 unspecified atom stereocenters. The first-order valence-corrected chi connectivity index (χ1v) is 11.1. The number of hydrogen-bond donors (Lipinski definition) is 2. The van der Waals surface area contributed by atoms with Crippen molar-refractivity contribution < 1.29 is 22.4 Å². The van der Waals surface area contributed by atoms with Gasteiger partial charge in [0.15, 0.2) is 9.84 Å². The van der Waals surface area contributed by atoms with Gasteiger partial charge in [0, 0.05) is 17.0 Å². The van der Waals surface area contributed by atoms with E-state index in [0.29, 0.717) is 21.8 Å². The van der Waals surface area contributed by atoms with E-state index in [0.717, 1.165) is 0 Å². The molecule has 2 aromatic carbocycles. The molecule has 0 spiro atoms. The Labute approximate surface area is 166 Å². The lowest BCUT2D eigenvalue weighted by molar-refractivity contribution is -0.116. The number of anilines is 2. The Hall–Kier alpha value is -2.39. The summed E-state index contributed by atoms with van der Waals surface area (Å²) >= 11 is 1.27. The van der Waals surface area contributed by atoms with Gasteiger partial charge in [-0.15, -0.1) is 11.8 Å². The monoisotopic (exact) mass is 422 g/mol. The molecule has 0 radical (unpaired) electrons. The van der Waals surface area contributed by atoms with E-state index in [1.165, 1.54) is 49.0 Å². The molecule has 3 rings (SSSR count). The van der Waals surface area contributed by atoms with Gasteiger partial charge >= 0.3 is 0 Å². The third-order valence-corrected chi connectivity index (χ3v) is 7.57. The predicted octanol–water partition coefficient (Wildman–Crippen LogP) is 3.37. The largest absolute Gasteiger partial charge is 0.326 e. The number of carbonyl (C=O) groups excluding carboxylic acids is 2. The van der Waals surface area contributed by atoms with Gasteiger partial charge in [0.2, 0.25) is 11.8 Å². The zero-order chi connectivity index (χ0) is 20.5. The van der Waals surface area contributed by atoms with Gasteiger partial charge < -0.3 is 10.6 Å². The highest BCUT2D eigenvalue weighted by Gasteiger charge is 2.27. The molecule has 0 saturated carbocycles. The van der Waals surface area contributed by atoms with E-state index in [9.17, 15) is 22.4 Å².